The summed E-state index contributed by atoms with van der Waals surface area (Å²) in [7, 11) is 0. The van der Waals surface area contributed by atoms with Crippen LogP contribution in [0, 0.1) is 0 Å². The molecule has 1 atom stereocenters. The molecule has 1 unspecified atom stereocenters. The van der Waals surface area contributed by atoms with Crippen LogP contribution in [0.5, 0.6) is 0 Å². The summed E-state index contributed by atoms with van der Waals surface area (Å²) < 4.78 is 4.94. The van der Waals surface area contributed by atoms with Crippen molar-refractivity contribution < 1.29 is 9.53 Å². The van der Waals surface area contributed by atoms with Gasteiger partial charge in [0, 0.05) is 29.6 Å². The van der Waals surface area contributed by atoms with Gasteiger partial charge >= 0.3 is 5.97 Å². The summed E-state index contributed by atoms with van der Waals surface area (Å²) >= 11 is 0. The second-order valence-electron chi connectivity index (χ2n) is 5.51. The number of esters is 1. The molecule has 0 fully saturated rings. The molecule has 0 rings (SSSR count). The third-order valence-corrected chi connectivity index (χ3v) is 3.33. The minimum atomic E-state index is -0.527. The van der Waals surface area contributed by atoms with E-state index in [1.807, 2.05) is 6.08 Å². The average molecular weight is 306 g/mol. The van der Waals surface area contributed by atoms with Crippen molar-refractivity contribution in [2.24, 2.45) is 5.73 Å². The maximum absolute atomic E-state index is 11.1. The second kappa shape index (κ2) is 18.2. The Balaban J connectivity index is 0. The molecule has 0 bridgehead atoms. The number of nitrogens with two attached hydrogens (primary N) is 1. The van der Waals surface area contributed by atoms with Gasteiger partial charge < -0.3 is 10.5 Å². The van der Waals surface area contributed by atoms with Crippen LogP contribution in [0.4, 0.5) is 0 Å². The molecule has 0 aromatic rings. The minimum absolute atomic E-state index is 0. The van der Waals surface area contributed by atoms with Crippen LogP contribution in [-0.4, -0.2) is 48.2 Å². The molecule has 0 aliphatic carbocycles. The summed E-state index contributed by atoms with van der Waals surface area (Å²) in [5, 5.41) is 0. The van der Waals surface area contributed by atoms with Crippen LogP contribution in [-0.2, 0) is 9.53 Å². The Bertz CT molecular complexity index is 255. The third kappa shape index (κ3) is 18.1. The van der Waals surface area contributed by atoms with Gasteiger partial charge in [0.25, 0.3) is 0 Å². The van der Waals surface area contributed by atoms with Crippen molar-refractivity contribution in [2.75, 3.05) is 6.61 Å². The summed E-state index contributed by atoms with van der Waals surface area (Å²) in [5.74, 6) is -0.335. The predicted octanol–water partition coefficient (Wildman–Crippen LogP) is 3.97. The average Bonchev–Trinajstić information content (AvgIpc) is 2.43. The van der Waals surface area contributed by atoms with Crippen molar-refractivity contribution in [3.63, 3.8) is 0 Å². The van der Waals surface area contributed by atoms with Gasteiger partial charge in [0.2, 0.25) is 0 Å². The Hall–Kier alpha value is 0.170. The van der Waals surface area contributed by atoms with Crippen molar-refractivity contribution in [2.45, 2.75) is 84.1 Å². The van der Waals surface area contributed by atoms with E-state index < -0.39 is 6.04 Å². The molecule has 4 heteroatoms. The third-order valence-electron chi connectivity index (χ3n) is 3.33. The van der Waals surface area contributed by atoms with Crippen LogP contribution < -0.4 is 5.73 Å². The fourth-order valence-electron chi connectivity index (χ4n) is 2.02. The van der Waals surface area contributed by atoms with Crippen LogP contribution in [0.2, 0.25) is 0 Å². The standard InChI is InChI=1S/C17H33NO2.Na/c1-3-4-5-6-7-8-9-10-11-12-13-14-15-20-17(19)16(2)18;/h13-14,16H,3-12,15,18H2,1-2H3;. The van der Waals surface area contributed by atoms with E-state index in [1.165, 1.54) is 57.8 Å². The Kier molecular flexibility index (Phi) is 20.3. The second-order valence-corrected chi connectivity index (χ2v) is 5.51. The molecular formula is C17H33NNaO2. The summed E-state index contributed by atoms with van der Waals surface area (Å²) in [6.07, 6.45) is 17.2. The van der Waals surface area contributed by atoms with Gasteiger partial charge in [0.05, 0.1) is 0 Å². The van der Waals surface area contributed by atoms with E-state index >= 15 is 0 Å². The van der Waals surface area contributed by atoms with E-state index in [4.69, 9.17) is 10.5 Å². The Morgan fingerprint density at radius 1 is 1.00 bits per heavy atom. The van der Waals surface area contributed by atoms with Crippen LogP contribution in [0.1, 0.15) is 78.1 Å². The predicted molar refractivity (Wildman–Crippen MR) is 91.3 cm³/mol. The van der Waals surface area contributed by atoms with Gasteiger partial charge in [-0.3, -0.25) is 4.79 Å². The number of allylic oxidation sites excluding steroid dienone is 1. The normalized spacial score (nSPS) is 12.1. The topological polar surface area (TPSA) is 52.3 Å². The van der Waals surface area contributed by atoms with E-state index in [9.17, 15) is 4.79 Å². The molecule has 0 aliphatic heterocycles. The first kappa shape index (κ1) is 23.4. The van der Waals surface area contributed by atoms with Gasteiger partial charge in [0.15, 0.2) is 0 Å². The maximum atomic E-state index is 11.1. The largest absolute Gasteiger partial charge is 0.460 e. The van der Waals surface area contributed by atoms with Gasteiger partial charge in [-0.25, -0.2) is 0 Å². The van der Waals surface area contributed by atoms with Crippen LogP contribution in [0.15, 0.2) is 12.2 Å². The first-order valence-corrected chi connectivity index (χ1v) is 8.25. The Morgan fingerprint density at radius 3 is 2.05 bits per heavy atom. The summed E-state index contributed by atoms with van der Waals surface area (Å²) in [5.41, 5.74) is 5.38. The number of unbranched alkanes of at least 4 members (excludes halogenated alkanes) is 9. The maximum Gasteiger partial charge on any atom is 0.322 e. The van der Waals surface area contributed by atoms with Crippen molar-refractivity contribution >= 4 is 35.5 Å². The van der Waals surface area contributed by atoms with Gasteiger partial charge in [-0.1, -0.05) is 70.4 Å². The number of rotatable bonds is 13. The van der Waals surface area contributed by atoms with Crippen molar-refractivity contribution in [1.29, 1.82) is 0 Å². The fourth-order valence-corrected chi connectivity index (χ4v) is 2.02. The van der Waals surface area contributed by atoms with E-state index in [0.717, 1.165) is 6.42 Å². The van der Waals surface area contributed by atoms with Gasteiger partial charge in [-0.2, -0.15) is 0 Å². The monoisotopic (exact) mass is 306 g/mol. The van der Waals surface area contributed by atoms with Gasteiger partial charge in [-0.15, -0.1) is 0 Å². The zero-order valence-electron chi connectivity index (χ0n) is 14.4. The number of hydrogen-bond donors (Lipinski definition) is 1. The molecule has 0 aromatic heterocycles. The Labute approximate surface area is 153 Å². The molecule has 1 radical (unpaired) electrons. The Morgan fingerprint density at radius 2 is 1.52 bits per heavy atom. The molecular weight excluding hydrogens is 273 g/mol. The number of carbonyl (C=O) groups is 1. The number of carbonyl (C=O) groups excluding carboxylic acids is 1. The first-order valence-electron chi connectivity index (χ1n) is 8.25. The molecule has 119 valence electrons. The van der Waals surface area contributed by atoms with Crippen molar-refractivity contribution in [3.8, 4) is 0 Å². The SMILES string of the molecule is CCCCCCCCCCCC=CCOC(=O)C(C)N.[Na]. The molecule has 21 heavy (non-hydrogen) atoms. The quantitative estimate of drug-likeness (QED) is 0.242. The van der Waals surface area contributed by atoms with Crippen LogP contribution >= 0.6 is 0 Å². The fraction of sp³-hybridized carbons (Fsp3) is 0.824. The first-order chi connectivity index (χ1) is 9.68. The van der Waals surface area contributed by atoms with Gasteiger partial charge in [0.1, 0.15) is 12.6 Å². The zero-order chi connectivity index (χ0) is 15.1. The van der Waals surface area contributed by atoms with Crippen LogP contribution in [0.3, 0.4) is 0 Å². The molecule has 2 N–H and O–H groups in total. The minimum Gasteiger partial charge on any atom is -0.460 e. The van der Waals surface area contributed by atoms with E-state index in [0.29, 0.717) is 6.61 Å². The summed E-state index contributed by atoms with van der Waals surface area (Å²) in [6.45, 7) is 4.23. The molecule has 0 aliphatic rings. The molecule has 0 saturated carbocycles. The van der Waals surface area contributed by atoms with Crippen molar-refractivity contribution in [1.82, 2.24) is 0 Å². The van der Waals surface area contributed by atoms with E-state index in [1.54, 1.807) is 6.92 Å². The molecule has 0 spiro atoms. The summed E-state index contributed by atoms with van der Waals surface area (Å²) in [4.78, 5) is 11.1. The van der Waals surface area contributed by atoms with Crippen molar-refractivity contribution in [3.05, 3.63) is 12.2 Å². The molecule has 3 nitrogen and oxygen atoms in total. The van der Waals surface area contributed by atoms with Gasteiger partial charge in [-0.05, 0) is 19.8 Å². The van der Waals surface area contributed by atoms with E-state index in [2.05, 4.69) is 13.0 Å². The molecule has 0 saturated heterocycles. The van der Waals surface area contributed by atoms with E-state index in [-0.39, 0.29) is 35.5 Å². The zero-order valence-corrected chi connectivity index (χ0v) is 16.4. The number of hydrogen-bond acceptors (Lipinski definition) is 3. The molecule has 0 aromatic carbocycles. The molecule has 0 amide bonds. The smallest absolute Gasteiger partial charge is 0.322 e. The molecule has 0 heterocycles. The number of ether oxygens (including phenoxy) is 1. The summed E-state index contributed by atoms with van der Waals surface area (Å²) in [6, 6.07) is -0.527. The van der Waals surface area contributed by atoms with Crippen LogP contribution in [0.25, 0.3) is 0 Å².